The molecule has 1 heterocycles. The molecule has 3 aliphatic rings. The SMILES string of the molecule is CC1(C)CC(=O)C2=C(C1)N(Cc1ccccc1)C1=C(C(=O)CC(C)(C)C1)C2c1ccccc1OCc1ccccc1Cl. The monoisotopic (exact) mass is 579 g/mol. The van der Waals surface area contributed by atoms with Gasteiger partial charge in [0.2, 0.25) is 0 Å². The van der Waals surface area contributed by atoms with E-state index in [0.29, 0.717) is 36.8 Å². The van der Waals surface area contributed by atoms with Crippen molar-refractivity contribution in [3.05, 3.63) is 123 Å². The molecule has 0 N–H and O–H groups in total. The molecular formula is C37H38ClNO3. The lowest BCUT2D eigenvalue weighted by molar-refractivity contribution is -0.119. The maximum absolute atomic E-state index is 14.2. The second kappa shape index (κ2) is 10.9. The van der Waals surface area contributed by atoms with Crippen LogP contribution >= 0.6 is 11.6 Å². The Hall–Kier alpha value is -3.63. The lowest BCUT2D eigenvalue weighted by Crippen LogP contribution is -2.44. The first kappa shape index (κ1) is 28.5. The van der Waals surface area contributed by atoms with Crippen LogP contribution in [0.1, 0.15) is 76.0 Å². The average Bonchev–Trinajstić information content (AvgIpc) is 2.93. The molecule has 42 heavy (non-hydrogen) atoms. The van der Waals surface area contributed by atoms with Crippen molar-refractivity contribution in [3.8, 4) is 5.75 Å². The Morgan fingerprint density at radius 1 is 0.738 bits per heavy atom. The molecule has 5 heteroatoms. The fourth-order valence-electron chi connectivity index (χ4n) is 6.94. The summed E-state index contributed by atoms with van der Waals surface area (Å²) in [5.74, 6) is 0.452. The van der Waals surface area contributed by atoms with E-state index in [2.05, 4.69) is 44.7 Å². The van der Waals surface area contributed by atoms with Gasteiger partial charge in [0.05, 0.1) is 0 Å². The number of ether oxygens (including phenoxy) is 1. The van der Waals surface area contributed by atoms with Gasteiger partial charge < -0.3 is 9.64 Å². The first-order valence-corrected chi connectivity index (χ1v) is 15.2. The number of benzene rings is 3. The smallest absolute Gasteiger partial charge is 0.162 e. The Bertz CT molecular complexity index is 1560. The second-order valence-electron chi connectivity index (χ2n) is 13.5. The van der Waals surface area contributed by atoms with Gasteiger partial charge in [-0.05, 0) is 41.4 Å². The van der Waals surface area contributed by atoms with Gasteiger partial charge in [-0.2, -0.15) is 0 Å². The molecule has 0 spiro atoms. The van der Waals surface area contributed by atoms with E-state index in [4.69, 9.17) is 16.3 Å². The molecule has 216 valence electrons. The number of ketones is 2. The number of carbonyl (C=O) groups is 2. The van der Waals surface area contributed by atoms with Crippen LogP contribution in [0.5, 0.6) is 5.75 Å². The topological polar surface area (TPSA) is 46.6 Å². The molecule has 3 aromatic rings. The number of carbonyl (C=O) groups excluding carboxylic acids is 2. The summed E-state index contributed by atoms with van der Waals surface area (Å²) in [5.41, 5.74) is 6.17. The van der Waals surface area contributed by atoms with Crippen LogP contribution in [0.2, 0.25) is 5.02 Å². The Labute approximate surface area is 254 Å². The molecule has 6 rings (SSSR count). The van der Waals surface area contributed by atoms with Crippen molar-refractivity contribution < 1.29 is 14.3 Å². The largest absolute Gasteiger partial charge is 0.489 e. The van der Waals surface area contributed by atoms with Gasteiger partial charge >= 0.3 is 0 Å². The number of hydrogen-bond acceptors (Lipinski definition) is 4. The van der Waals surface area contributed by atoms with Crippen molar-refractivity contribution in [1.82, 2.24) is 4.90 Å². The average molecular weight is 580 g/mol. The lowest BCUT2D eigenvalue weighted by atomic mass is 9.63. The summed E-state index contributed by atoms with van der Waals surface area (Å²) in [4.78, 5) is 30.7. The van der Waals surface area contributed by atoms with Gasteiger partial charge in [0.25, 0.3) is 0 Å². The van der Waals surface area contributed by atoms with Crippen LogP contribution in [-0.2, 0) is 22.7 Å². The first-order valence-electron chi connectivity index (χ1n) is 14.8. The molecule has 3 aromatic carbocycles. The summed E-state index contributed by atoms with van der Waals surface area (Å²) < 4.78 is 6.43. The third-order valence-electron chi connectivity index (χ3n) is 8.78. The zero-order valence-corrected chi connectivity index (χ0v) is 25.6. The fraction of sp³-hybridized carbons (Fsp3) is 0.351. The molecule has 0 amide bonds. The molecule has 1 aliphatic heterocycles. The van der Waals surface area contributed by atoms with Gasteiger partial charge in [-0.3, -0.25) is 9.59 Å². The zero-order chi connectivity index (χ0) is 29.6. The van der Waals surface area contributed by atoms with E-state index in [1.165, 1.54) is 0 Å². The number of hydrogen-bond donors (Lipinski definition) is 0. The van der Waals surface area contributed by atoms with Gasteiger partial charge in [0.1, 0.15) is 12.4 Å². The standard InChI is InChI=1S/C37H38ClNO3/c1-36(2)18-28-34(30(40)20-36)33(26-15-9-11-17-32(26)42-23-25-14-8-10-16-27(25)38)35-29(19-37(3,4)21-31(35)41)39(28)22-24-12-6-5-7-13-24/h5-17,33H,18-23H2,1-4H3. The number of para-hydroxylation sites is 1. The molecule has 0 fully saturated rings. The molecule has 0 bridgehead atoms. The minimum absolute atomic E-state index is 0.120. The highest BCUT2D eigenvalue weighted by Crippen LogP contribution is 2.55. The van der Waals surface area contributed by atoms with E-state index in [0.717, 1.165) is 52.1 Å². The minimum atomic E-state index is -0.461. The fourth-order valence-corrected chi connectivity index (χ4v) is 7.13. The van der Waals surface area contributed by atoms with Crippen LogP contribution in [0.4, 0.5) is 0 Å². The van der Waals surface area contributed by atoms with Crippen LogP contribution in [-0.4, -0.2) is 16.5 Å². The van der Waals surface area contributed by atoms with Crippen molar-refractivity contribution in [2.45, 2.75) is 72.4 Å². The molecule has 0 saturated carbocycles. The van der Waals surface area contributed by atoms with Gasteiger partial charge in [-0.1, -0.05) is 106 Å². The maximum atomic E-state index is 14.2. The van der Waals surface area contributed by atoms with E-state index in [1.807, 2.05) is 66.7 Å². The summed E-state index contributed by atoms with van der Waals surface area (Å²) in [6, 6.07) is 25.9. The maximum Gasteiger partial charge on any atom is 0.162 e. The van der Waals surface area contributed by atoms with Crippen LogP contribution in [0.25, 0.3) is 0 Å². The molecule has 0 unspecified atom stereocenters. The second-order valence-corrected chi connectivity index (χ2v) is 13.9. The molecule has 0 aromatic heterocycles. The van der Waals surface area contributed by atoms with E-state index < -0.39 is 5.92 Å². The zero-order valence-electron chi connectivity index (χ0n) is 24.9. The quantitative estimate of drug-likeness (QED) is 0.293. The number of halogens is 1. The number of rotatable bonds is 6. The Balaban J connectivity index is 1.53. The van der Waals surface area contributed by atoms with Crippen molar-refractivity contribution in [1.29, 1.82) is 0 Å². The number of allylic oxidation sites excluding steroid dienone is 4. The Kier molecular flexibility index (Phi) is 7.39. The highest BCUT2D eigenvalue weighted by atomic mass is 35.5. The molecule has 0 radical (unpaired) electrons. The van der Waals surface area contributed by atoms with Gasteiger partial charge in [-0.25, -0.2) is 0 Å². The lowest BCUT2D eigenvalue weighted by Gasteiger charge is -2.49. The van der Waals surface area contributed by atoms with Crippen molar-refractivity contribution in [3.63, 3.8) is 0 Å². The van der Waals surface area contributed by atoms with Crippen LogP contribution in [0.3, 0.4) is 0 Å². The van der Waals surface area contributed by atoms with Gasteiger partial charge in [0.15, 0.2) is 11.6 Å². The highest BCUT2D eigenvalue weighted by molar-refractivity contribution is 6.31. The summed E-state index contributed by atoms with van der Waals surface area (Å²) in [5, 5.41) is 0.647. The van der Waals surface area contributed by atoms with Crippen molar-refractivity contribution in [2.24, 2.45) is 10.8 Å². The number of nitrogens with zero attached hydrogens (tertiary/aromatic N) is 1. The van der Waals surface area contributed by atoms with E-state index in [1.54, 1.807) is 0 Å². The predicted octanol–water partition coefficient (Wildman–Crippen LogP) is 8.80. The summed E-state index contributed by atoms with van der Waals surface area (Å²) in [6.45, 7) is 9.61. The Morgan fingerprint density at radius 3 is 1.90 bits per heavy atom. The van der Waals surface area contributed by atoms with Crippen molar-refractivity contribution >= 4 is 23.2 Å². The van der Waals surface area contributed by atoms with Crippen molar-refractivity contribution in [2.75, 3.05) is 0 Å². The first-order chi connectivity index (χ1) is 20.0. The molecule has 0 atom stereocenters. The van der Waals surface area contributed by atoms with Crippen LogP contribution in [0, 0.1) is 10.8 Å². The van der Waals surface area contributed by atoms with Gasteiger partial charge in [0, 0.05) is 64.0 Å². The predicted molar refractivity (Wildman–Crippen MR) is 167 cm³/mol. The van der Waals surface area contributed by atoms with Gasteiger partial charge in [-0.15, -0.1) is 0 Å². The van der Waals surface area contributed by atoms with Crippen LogP contribution in [0.15, 0.2) is 101 Å². The summed E-state index contributed by atoms with van der Waals surface area (Å²) in [6.07, 6.45) is 2.44. The third kappa shape index (κ3) is 5.45. The molecule has 0 saturated heterocycles. The Morgan fingerprint density at radius 2 is 1.29 bits per heavy atom. The molecular weight excluding hydrogens is 542 g/mol. The third-order valence-corrected chi connectivity index (χ3v) is 9.15. The highest BCUT2D eigenvalue weighted by Gasteiger charge is 2.49. The molecule has 4 nitrogen and oxygen atoms in total. The summed E-state index contributed by atoms with van der Waals surface area (Å²) >= 11 is 6.45. The summed E-state index contributed by atoms with van der Waals surface area (Å²) in [7, 11) is 0. The van der Waals surface area contributed by atoms with Crippen LogP contribution < -0.4 is 4.74 Å². The van der Waals surface area contributed by atoms with E-state index in [9.17, 15) is 9.59 Å². The van der Waals surface area contributed by atoms with E-state index >= 15 is 0 Å². The minimum Gasteiger partial charge on any atom is -0.489 e. The normalized spacial score (nSPS) is 20.0. The molecule has 2 aliphatic carbocycles. The number of Topliss-reactive ketones (excluding diaryl/α,β-unsaturated/α-hetero) is 2. The van der Waals surface area contributed by atoms with E-state index in [-0.39, 0.29) is 22.4 Å².